The van der Waals surface area contributed by atoms with Crippen molar-refractivity contribution in [3.63, 3.8) is 0 Å². The van der Waals surface area contributed by atoms with Gasteiger partial charge in [-0.2, -0.15) is 0 Å². The summed E-state index contributed by atoms with van der Waals surface area (Å²) in [5.41, 5.74) is 0. The Balaban J connectivity index is 2.46. The van der Waals surface area contributed by atoms with Gasteiger partial charge in [0.2, 0.25) is 17.7 Å². The van der Waals surface area contributed by atoms with Crippen LogP contribution < -0.4 is 10.6 Å². The molecule has 0 bridgehead atoms. The lowest BCUT2D eigenvalue weighted by Gasteiger charge is -2.35. The molecular weight excluding hydrogens is 358 g/mol. The molecule has 158 valence electrons. The highest BCUT2D eigenvalue weighted by atomic mass is 16.3. The zero-order valence-electron chi connectivity index (χ0n) is 17.6. The molecule has 7 heteroatoms. The minimum atomic E-state index is -0.704. The molecule has 0 aromatic carbocycles. The van der Waals surface area contributed by atoms with Crippen molar-refractivity contribution >= 4 is 17.7 Å². The molecule has 3 amide bonds. The van der Waals surface area contributed by atoms with Crippen LogP contribution in [0.25, 0.3) is 0 Å². The van der Waals surface area contributed by atoms with E-state index in [1.54, 1.807) is 11.9 Å². The number of aliphatic hydroxyl groups excluding tert-OH is 1. The molecule has 1 fully saturated rings. The van der Waals surface area contributed by atoms with Gasteiger partial charge < -0.3 is 20.6 Å². The van der Waals surface area contributed by atoms with Gasteiger partial charge in [0.1, 0.15) is 6.04 Å². The maximum atomic E-state index is 13.5. The van der Waals surface area contributed by atoms with E-state index >= 15 is 0 Å². The van der Waals surface area contributed by atoms with Crippen molar-refractivity contribution in [3.8, 4) is 0 Å². The first-order valence-corrected chi connectivity index (χ1v) is 10.4. The van der Waals surface area contributed by atoms with Crippen LogP contribution in [0.5, 0.6) is 0 Å². The number of nitrogens with zero attached hydrogens (tertiary/aromatic N) is 1. The lowest BCUT2D eigenvalue weighted by atomic mass is 9.70. The first-order valence-electron chi connectivity index (χ1n) is 10.4. The van der Waals surface area contributed by atoms with Gasteiger partial charge in [0.15, 0.2) is 0 Å². The number of aliphatic hydroxyl groups is 1. The van der Waals surface area contributed by atoms with E-state index in [0.29, 0.717) is 6.54 Å². The number of rotatable bonds is 8. The fraction of sp³-hybridized carbons (Fsp3) is 0.762. The van der Waals surface area contributed by atoms with Crippen molar-refractivity contribution in [2.24, 2.45) is 29.6 Å². The van der Waals surface area contributed by atoms with Gasteiger partial charge in [-0.1, -0.05) is 46.3 Å². The van der Waals surface area contributed by atoms with E-state index in [2.05, 4.69) is 10.6 Å². The summed E-state index contributed by atoms with van der Waals surface area (Å²) >= 11 is 0. The van der Waals surface area contributed by atoms with Crippen LogP contribution in [0.1, 0.15) is 40.5 Å². The van der Waals surface area contributed by atoms with Gasteiger partial charge in [-0.05, 0) is 18.3 Å². The van der Waals surface area contributed by atoms with Gasteiger partial charge in [0.25, 0.3) is 0 Å². The zero-order chi connectivity index (χ0) is 21.0. The van der Waals surface area contributed by atoms with Crippen LogP contribution in [-0.2, 0) is 14.4 Å². The third kappa shape index (κ3) is 4.09. The Bertz CT molecular complexity index is 619. The van der Waals surface area contributed by atoms with Crippen LogP contribution in [0.4, 0.5) is 0 Å². The molecule has 0 spiro atoms. The number of hydrogen-bond acceptors (Lipinski definition) is 4. The predicted octanol–water partition coefficient (Wildman–Crippen LogP) is 0.931. The topological polar surface area (TPSA) is 98.7 Å². The molecule has 1 heterocycles. The lowest BCUT2D eigenvalue weighted by molar-refractivity contribution is -0.144. The molecule has 1 aliphatic heterocycles. The average molecular weight is 394 g/mol. The van der Waals surface area contributed by atoms with Crippen molar-refractivity contribution in [3.05, 3.63) is 12.2 Å². The molecule has 3 N–H and O–H groups in total. The van der Waals surface area contributed by atoms with Gasteiger partial charge in [-0.25, -0.2) is 0 Å². The second kappa shape index (κ2) is 9.54. The van der Waals surface area contributed by atoms with Crippen molar-refractivity contribution in [2.75, 3.05) is 20.2 Å². The first-order chi connectivity index (χ1) is 13.3. The highest BCUT2D eigenvalue weighted by molar-refractivity contribution is 5.97. The first kappa shape index (κ1) is 22.4. The summed E-state index contributed by atoms with van der Waals surface area (Å²) < 4.78 is 0. The molecule has 0 radical (unpaired) electrons. The largest absolute Gasteiger partial charge is 0.394 e. The molecule has 7 nitrogen and oxygen atoms in total. The van der Waals surface area contributed by atoms with Crippen LogP contribution in [0, 0.1) is 29.6 Å². The van der Waals surface area contributed by atoms with E-state index in [9.17, 15) is 19.5 Å². The van der Waals surface area contributed by atoms with Crippen LogP contribution in [0.3, 0.4) is 0 Å². The molecule has 6 atom stereocenters. The van der Waals surface area contributed by atoms with E-state index in [4.69, 9.17) is 0 Å². The highest BCUT2D eigenvalue weighted by Crippen LogP contribution is 2.45. The smallest absolute Gasteiger partial charge is 0.243 e. The molecule has 0 unspecified atom stereocenters. The Morgan fingerprint density at radius 1 is 1.25 bits per heavy atom. The second-order valence-electron chi connectivity index (χ2n) is 8.32. The van der Waals surface area contributed by atoms with Crippen molar-refractivity contribution < 1.29 is 19.5 Å². The minimum Gasteiger partial charge on any atom is -0.394 e. The van der Waals surface area contributed by atoms with Gasteiger partial charge >= 0.3 is 0 Å². The van der Waals surface area contributed by atoms with E-state index in [1.165, 1.54) is 0 Å². The number of fused-ring (bicyclic) bond motifs is 1. The zero-order valence-corrected chi connectivity index (χ0v) is 17.6. The molecule has 1 saturated heterocycles. The summed E-state index contributed by atoms with van der Waals surface area (Å²) in [6.07, 6.45) is 5.68. The van der Waals surface area contributed by atoms with Gasteiger partial charge in [-0.15, -0.1) is 0 Å². The fourth-order valence-electron chi connectivity index (χ4n) is 4.58. The number of hydrogen-bond donors (Lipinski definition) is 3. The number of likely N-dealkylation sites (tertiary alicyclic amines) is 1. The number of carbonyl (C=O) groups is 3. The molecule has 2 aliphatic rings. The van der Waals surface area contributed by atoms with Crippen LogP contribution in [-0.4, -0.2) is 60.0 Å². The summed E-state index contributed by atoms with van der Waals surface area (Å²) in [5, 5.41) is 15.6. The molecule has 0 aromatic heterocycles. The van der Waals surface area contributed by atoms with E-state index in [0.717, 1.165) is 12.8 Å². The molecule has 28 heavy (non-hydrogen) atoms. The standard InChI is InChI=1S/C21H35N3O4/c1-6-7-10-23-20(27)18-14-9-8-13(4)16(19(26)22-5)17(14)21(28)24(18)15(11-25)12(2)3/h8-9,12-18,25H,6-7,10-11H2,1-5H3,(H,22,26)(H,23,27)/t13-,14+,15+,16-,17+,18+/m1/s1. The maximum absolute atomic E-state index is 13.5. The summed E-state index contributed by atoms with van der Waals surface area (Å²) in [6, 6.07) is -1.17. The molecule has 1 aliphatic carbocycles. The molecule has 0 saturated carbocycles. The Hall–Kier alpha value is -1.89. The fourth-order valence-corrected chi connectivity index (χ4v) is 4.58. The molecule has 2 rings (SSSR count). The number of amides is 3. The Kier molecular flexibility index (Phi) is 7.63. The van der Waals surface area contributed by atoms with Gasteiger partial charge in [-0.3, -0.25) is 14.4 Å². The quantitative estimate of drug-likeness (QED) is 0.422. The number of nitrogens with one attached hydrogen (secondary N) is 2. The van der Waals surface area contributed by atoms with E-state index < -0.39 is 23.9 Å². The second-order valence-corrected chi connectivity index (χ2v) is 8.32. The monoisotopic (exact) mass is 393 g/mol. The van der Waals surface area contributed by atoms with Crippen LogP contribution in [0.2, 0.25) is 0 Å². The summed E-state index contributed by atoms with van der Waals surface area (Å²) in [4.78, 5) is 40.7. The predicted molar refractivity (Wildman–Crippen MR) is 107 cm³/mol. The van der Waals surface area contributed by atoms with Crippen molar-refractivity contribution in [2.45, 2.75) is 52.6 Å². The summed E-state index contributed by atoms with van der Waals surface area (Å²) in [5.74, 6) is -2.19. The minimum absolute atomic E-state index is 0.0140. The number of allylic oxidation sites excluding steroid dienone is 1. The molecule has 0 aromatic rings. The van der Waals surface area contributed by atoms with E-state index in [-0.39, 0.29) is 42.1 Å². The summed E-state index contributed by atoms with van der Waals surface area (Å²) in [6.45, 7) is 8.16. The Morgan fingerprint density at radius 3 is 2.46 bits per heavy atom. The van der Waals surface area contributed by atoms with Gasteiger partial charge in [0.05, 0.1) is 24.5 Å². The number of unbranched alkanes of at least 4 members (excludes halogenated alkanes) is 1. The average Bonchev–Trinajstić information content (AvgIpc) is 2.94. The molecular formula is C21H35N3O4. The lowest BCUT2D eigenvalue weighted by Crippen LogP contribution is -2.54. The normalized spacial score (nSPS) is 30.3. The Morgan fingerprint density at radius 2 is 1.93 bits per heavy atom. The van der Waals surface area contributed by atoms with Gasteiger partial charge in [0, 0.05) is 19.5 Å². The third-order valence-electron chi connectivity index (χ3n) is 6.17. The van der Waals surface area contributed by atoms with Crippen molar-refractivity contribution in [1.82, 2.24) is 15.5 Å². The van der Waals surface area contributed by atoms with E-state index in [1.807, 2.05) is 39.8 Å². The Labute approximate surface area is 167 Å². The van der Waals surface area contributed by atoms with Crippen molar-refractivity contribution in [1.29, 1.82) is 0 Å². The maximum Gasteiger partial charge on any atom is 0.243 e. The SMILES string of the molecule is CCCCNC(=O)[C@@H]1[C@H]2C=C[C@@H](C)[C@@H](C(=O)NC)[C@H]2C(=O)N1[C@@H](CO)C(C)C. The van der Waals surface area contributed by atoms with Crippen LogP contribution >= 0.6 is 0 Å². The third-order valence-corrected chi connectivity index (χ3v) is 6.17. The summed E-state index contributed by atoms with van der Waals surface area (Å²) in [7, 11) is 1.57. The highest BCUT2D eigenvalue weighted by Gasteiger charge is 2.58. The van der Waals surface area contributed by atoms with Crippen LogP contribution in [0.15, 0.2) is 12.2 Å². The number of carbonyl (C=O) groups excluding carboxylic acids is 3.